The number of amides is 1. The molecule has 1 aliphatic carbocycles. The van der Waals surface area contributed by atoms with Gasteiger partial charge in [0, 0.05) is 38.5 Å². The van der Waals surface area contributed by atoms with Crippen molar-refractivity contribution in [2.45, 2.75) is 51.5 Å². The third-order valence-corrected chi connectivity index (χ3v) is 5.53. The second kappa shape index (κ2) is 8.13. The second-order valence-electron chi connectivity index (χ2n) is 7.15. The summed E-state index contributed by atoms with van der Waals surface area (Å²) in [5.41, 5.74) is -0.279. The minimum Gasteiger partial charge on any atom is -0.382 e. The fourth-order valence-electron chi connectivity index (χ4n) is 4.07. The van der Waals surface area contributed by atoms with E-state index in [9.17, 15) is 9.18 Å². The van der Waals surface area contributed by atoms with Crippen LogP contribution in [-0.2, 0) is 9.53 Å². The molecular formula is C19H28FN3O2. The van der Waals surface area contributed by atoms with Gasteiger partial charge >= 0.3 is 0 Å². The lowest BCUT2D eigenvalue weighted by Crippen LogP contribution is -2.46. The standard InChI is InChI=1S/C19H28FN3O2/c1-2-25-13-10-19(8-3-4-9-19)18(24)22-15-7-12-23(14-15)17-16(20)6-5-11-21-17/h5-6,11,15H,2-4,7-10,12-14H2,1H3,(H,22,24)/t15-/m1/s1. The molecule has 138 valence electrons. The number of nitrogens with zero attached hydrogens (tertiary/aromatic N) is 2. The minimum absolute atomic E-state index is 0.0541. The summed E-state index contributed by atoms with van der Waals surface area (Å²) in [6, 6.07) is 3.07. The minimum atomic E-state index is -0.307. The van der Waals surface area contributed by atoms with Crippen LogP contribution < -0.4 is 10.2 Å². The van der Waals surface area contributed by atoms with Crippen LogP contribution in [0.2, 0.25) is 0 Å². The van der Waals surface area contributed by atoms with Crippen molar-refractivity contribution < 1.29 is 13.9 Å². The molecule has 1 aliphatic heterocycles. The SMILES string of the molecule is CCOCCC1(C(=O)N[C@@H]2CCN(c3ncccc3F)C2)CCCC1. The molecule has 0 bridgehead atoms. The Balaban J connectivity index is 1.58. The molecule has 2 aliphatic rings. The van der Waals surface area contributed by atoms with Gasteiger partial charge in [0.15, 0.2) is 11.6 Å². The Bertz CT molecular complexity index is 590. The molecule has 1 N–H and O–H groups in total. The molecule has 1 atom stereocenters. The van der Waals surface area contributed by atoms with Gasteiger partial charge in [0.25, 0.3) is 0 Å². The highest BCUT2D eigenvalue weighted by molar-refractivity contribution is 5.83. The first-order chi connectivity index (χ1) is 12.1. The van der Waals surface area contributed by atoms with E-state index in [1.54, 1.807) is 12.3 Å². The van der Waals surface area contributed by atoms with Crippen molar-refractivity contribution in [1.29, 1.82) is 0 Å². The Morgan fingerprint density at radius 3 is 3.00 bits per heavy atom. The molecule has 25 heavy (non-hydrogen) atoms. The number of hydrogen-bond acceptors (Lipinski definition) is 4. The zero-order chi connectivity index (χ0) is 17.7. The predicted molar refractivity (Wildman–Crippen MR) is 95.0 cm³/mol. The summed E-state index contributed by atoms with van der Waals surface area (Å²) < 4.78 is 19.4. The number of ether oxygens (including phenoxy) is 1. The molecule has 0 spiro atoms. The summed E-state index contributed by atoms with van der Waals surface area (Å²) in [6.07, 6.45) is 7.31. The monoisotopic (exact) mass is 349 g/mol. The lowest BCUT2D eigenvalue weighted by molar-refractivity contribution is -0.132. The van der Waals surface area contributed by atoms with E-state index in [1.165, 1.54) is 6.07 Å². The number of halogens is 1. The van der Waals surface area contributed by atoms with E-state index in [2.05, 4.69) is 10.3 Å². The zero-order valence-electron chi connectivity index (χ0n) is 15.0. The summed E-state index contributed by atoms with van der Waals surface area (Å²) in [6.45, 7) is 4.63. The maximum absolute atomic E-state index is 13.9. The number of hydrogen-bond donors (Lipinski definition) is 1. The van der Waals surface area contributed by atoms with Crippen molar-refractivity contribution in [2.24, 2.45) is 5.41 Å². The molecule has 6 heteroatoms. The fourth-order valence-corrected chi connectivity index (χ4v) is 4.07. The fraction of sp³-hybridized carbons (Fsp3) is 0.684. The van der Waals surface area contributed by atoms with Gasteiger partial charge in [-0.1, -0.05) is 12.8 Å². The van der Waals surface area contributed by atoms with Gasteiger partial charge in [-0.2, -0.15) is 0 Å². The summed E-state index contributed by atoms with van der Waals surface area (Å²) >= 11 is 0. The number of anilines is 1. The third-order valence-electron chi connectivity index (χ3n) is 5.53. The van der Waals surface area contributed by atoms with E-state index in [-0.39, 0.29) is 23.2 Å². The number of rotatable bonds is 7. The Morgan fingerprint density at radius 1 is 1.48 bits per heavy atom. The van der Waals surface area contributed by atoms with Crippen molar-refractivity contribution in [2.75, 3.05) is 31.2 Å². The van der Waals surface area contributed by atoms with Crippen molar-refractivity contribution in [3.8, 4) is 0 Å². The van der Waals surface area contributed by atoms with E-state index in [0.29, 0.717) is 32.1 Å². The molecule has 0 aromatic carbocycles. The number of aromatic nitrogens is 1. The molecule has 1 aromatic heterocycles. The van der Waals surface area contributed by atoms with Crippen molar-refractivity contribution in [3.63, 3.8) is 0 Å². The highest BCUT2D eigenvalue weighted by Gasteiger charge is 2.42. The third kappa shape index (κ3) is 4.11. The quantitative estimate of drug-likeness (QED) is 0.769. The number of pyridine rings is 1. The Kier molecular flexibility index (Phi) is 5.89. The molecule has 2 fully saturated rings. The van der Waals surface area contributed by atoms with Gasteiger partial charge in [-0.3, -0.25) is 4.79 Å². The van der Waals surface area contributed by atoms with Crippen LogP contribution in [0.3, 0.4) is 0 Å². The summed E-state index contributed by atoms with van der Waals surface area (Å²) in [5.74, 6) is 0.225. The summed E-state index contributed by atoms with van der Waals surface area (Å²) in [7, 11) is 0. The van der Waals surface area contributed by atoms with Gasteiger partial charge in [-0.15, -0.1) is 0 Å². The molecule has 1 amide bonds. The number of nitrogens with one attached hydrogen (secondary N) is 1. The van der Waals surface area contributed by atoms with Crippen LogP contribution in [0.4, 0.5) is 10.2 Å². The normalized spacial score (nSPS) is 22.3. The van der Waals surface area contributed by atoms with Gasteiger partial charge in [0.1, 0.15) is 0 Å². The van der Waals surface area contributed by atoms with Gasteiger partial charge < -0.3 is 15.0 Å². The molecule has 1 saturated carbocycles. The first-order valence-corrected chi connectivity index (χ1v) is 9.39. The van der Waals surface area contributed by atoms with Crippen LogP contribution in [0, 0.1) is 11.2 Å². The van der Waals surface area contributed by atoms with Gasteiger partial charge in [0.05, 0.1) is 5.41 Å². The molecular weight excluding hydrogens is 321 g/mol. The van der Waals surface area contributed by atoms with E-state index in [4.69, 9.17) is 4.74 Å². The maximum atomic E-state index is 13.9. The Hall–Kier alpha value is -1.69. The number of carbonyl (C=O) groups excluding carboxylic acids is 1. The average Bonchev–Trinajstić information content (AvgIpc) is 3.26. The molecule has 0 unspecified atom stereocenters. The van der Waals surface area contributed by atoms with Crippen molar-refractivity contribution in [3.05, 3.63) is 24.1 Å². The van der Waals surface area contributed by atoms with Crippen LogP contribution in [0.5, 0.6) is 0 Å². The Morgan fingerprint density at radius 2 is 2.28 bits per heavy atom. The molecule has 5 nitrogen and oxygen atoms in total. The topological polar surface area (TPSA) is 54.5 Å². The molecule has 1 aromatic rings. The lowest BCUT2D eigenvalue weighted by atomic mass is 9.81. The predicted octanol–water partition coefficient (Wildman–Crippen LogP) is 2.90. The van der Waals surface area contributed by atoms with Crippen LogP contribution in [0.15, 0.2) is 18.3 Å². The second-order valence-corrected chi connectivity index (χ2v) is 7.15. The first kappa shape index (κ1) is 18.1. The molecule has 0 radical (unpaired) electrons. The highest BCUT2D eigenvalue weighted by atomic mass is 19.1. The average molecular weight is 349 g/mol. The maximum Gasteiger partial charge on any atom is 0.226 e. The van der Waals surface area contributed by atoms with E-state index in [1.807, 2.05) is 11.8 Å². The van der Waals surface area contributed by atoms with Crippen LogP contribution in [0.25, 0.3) is 0 Å². The zero-order valence-corrected chi connectivity index (χ0v) is 15.0. The van der Waals surface area contributed by atoms with Crippen LogP contribution >= 0.6 is 0 Å². The van der Waals surface area contributed by atoms with Gasteiger partial charge in [0.2, 0.25) is 5.91 Å². The molecule has 1 saturated heterocycles. The van der Waals surface area contributed by atoms with Gasteiger partial charge in [-0.25, -0.2) is 9.37 Å². The smallest absolute Gasteiger partial charge is 0.226 e. The van der Waals surface area contributed by atoms with Crippen LogP contribution in [0.1, 0.15) is 45.4 Å². The van der Waals surface area contributed by atoms with E-state index in [0.717, 1.165) is 38.5 Å². The molecule has 2 heterocycles. The van der Waals surface area contributed by atoms with Crippen LogP contribution in [-0.4, -0.2) is 43.2 Å². The summed E-state index contributed by atoms with van der Waals surface area (Å²) in [5, 5.41) is 3.22. The first-order valence-electron chi connectivity index (χ1n) is 9.39. The highest BCUT2D eigenvalue weighted by Crippen LogP contribution is 2.41. The summed E-state index contributed by atoms with van der Waals surface area (Å²) in [4.78, 5) is 19.0. The lowest BCUT2D eigenvalue weighted by Gasteiger charge is -2.29. The molecule has 3 rings (SSSR count). The van der Waals surface area contributed by atoms with E-state index < -0.39 is 0 Å². The van der Waals surface area contributed by atoms with Gasteiger partial charge in [-0.05, 0) is 44.7 Å². The largest absolute Gasteiger partial charge is 0.382 e. The number of carbonyl (C=O) groups is 1. The van der Waals surface area contributed by atoms with Crippen molar-refractivity contribution in [1.82, 2.24) is 10.3 Å². The Labute approximate surface area is 148 Å². The van der Waals surface area contributed by atoms with Crippen molar-refractivity contribution >= 4 is 11.7 Å². The van der Waals surface area contributed by atoms with E-state index >= 15 is 0 Å².